The minimum Gasteiger partial charge on any atom is -0.481 e. The van der Waals surface area contributed by atoms with Crippen LogP contribution in [0.4, 0.5) is 0 Å². The molecular formula is C15H15NO3. The Hall–Kier alpha value is -2.36. The number of hydrogen-bond donors (Lipinski definition) is 1. The maximum atomic E-state index is 11.1. The molecule has 98 valence electrons. The van der Waals surface area contributed by atoms with Gasteiger partial charge in [-0.25, -0.2) is 9.78 Å². The van der Waals surface area contributed by atoms with Gasteiger partial charge in [0.05, 0.1) is 18.4 Å². The van der Waals surface area contributed by atoms with Crippen LogP contribution in [0.25, 0.3) is 11.3 Å². The van der Waals surface area contributed by atoms with Gasteiger partial charge in [0.15, 0.2) is 0 Å². The van der Waals surface area contributed by atoms with E-state index in [9.17, 15) is 4.79 Å². The van der Waals surface area contributed by atoms with E-state index in [0.717, 1.165) is 12.0 Å². The standard InChI is InChI=1S/C15H15NO3/c1-3-10-5-4-6-11(7-10)13-8-12(15(17)18)9-14(16-13)19-2/h4-9H,3H2,1-2H3,(H,17,18). The number of hydrogen-bond acceptors (Lipinski definition) is 3. The van der Waals surface area contributed by atoms with Gasteiger partial charge in [-0.1, -0.05) is 25.1 Å². The highest BCUT2D eigenvalue weighted by Crippen LogP contribution is 2.23. The number of carbonyl (C=O) groups is 1. The Kier molecular flexibility index (Phi) is 3.80. The molecule has 1 aromatic heterocycles. The average Bonchev–Trinajstić information content (AvgIpc) is 2.46. The SMILES string of the molecule is CCc1cccc(-c2cc(C(=O)O)cc(OC)n2)c1. The minimum atomic E-state index is -0.992. The molecule has 0 fully saturated rings. The van der Waals surface area contributed by atoms with E-state index in [1.165, 1.54) is 18.7 Å². The number of carboxylic acids is 1. The number of methoxy groups -OCH3 is 1. The van der Waals surface area contributed by atoms with Gasteiger partial charge in [0.1, 0.15) is 0 Å². The van der Waals surface area contributed by atoms with Crippen LogP contribution in [0.15, 0.2) is 36.4 Å². The first-order valence-electron chi connectivity index (χ1n) is 6.02. The Labute approximate surface area is 111 Å². The average molecular weight is 257 g/mol. The van der Waals surface area contributed by atoms with Crippen LogP contribution >= 0.6 is 0 Å². The molecule has 0 unspecified atom stereocenters. The minimum absolute atomic E-state index is 0.170. The van der Waals surface area contributed by atoms with Crippen LogP contribution in [-0.2, 0) is 6.42 Å². The van der Waals surface area contributed by atoms with Crippen LogP contribution in [0.1, 0.15) is 22.8 Å². The summed E-state index contributed by atoms with van der Waals surface area (Å²) in [7, 11) is 1.47. The molecule has 0 bridgehead atoms. The van der Waals surface area contributed by atoms with Crippen molar-refractivity contribution in [3.63, 3.8) is 0 Å². The van der Waals surface area contributed by atoms with Crippen molar-refractivity contribution in [2.45, 2.75) is 13.3 Å². The molecule has 0 amide bonds. The van der Waals surface area contributed by atoms with Crippen molar-refractivity contribution in [2.24, 2.45) is 0 Å². The predicted octanol–water partition coefficient (Wildman–Crippen LogP) is 3.02. The molecule has 0 saturated heterocycles. The molecule has 0 atom stereocenters. The van der Waals surface area contributed by atoms with Crippen molar-refractivity contribution in [1.82, 2.24) is 4.98 Å². The Morgan fingerprint density at radius 2 is 2.11 bits per heavy atom. The van der Waals surface area contributed by atoms with Crippen molar-refractivity contribution in [1.29, 1.82) is 0 Å². The van der Waals surface area contributed by atoms with Crippen LogP contribution in [0.2, 0.25) is 0 Å². The van der Waals surface area contributed by atoms with E-state index in [2.05, 4.69) is 11.9 Å². The lowest BCUT2D eigenvalue weighted by atomic mass is 10.0. The first kappa shape index (κ1) is 13.1. The summed E-state index contributed by atoms with van der Waals surface area (Å²) in [5.74, 6) is -0.689. The summed E-state index contributed by atoms with van der Waals surface area (Å²) in [5.41, 5.74) is 2.84. The van der Waals surface area contributed by atoms with E-state index in [1.54, 1.807) is 6.07 Å². The molecule has 19 heavy (non-hydrogen) atoms. The van der Waals surface area contributed by atoms with Gasteiger partial charge < -0.3 is 9.84 Å². The lowest BCUT2D eigenvalue weighted by Crippen LogP contribution is -2.00. The number of nitrogens with zero attached hydrogens (tertiary/aromatic N) is 1. The van der Waals surface area contributed by atoms with Gasteiger partial charge in [-0.3, -0.25) is 0 Å². The number of aromatic nitrogens is 1. The Balaban J connectivity index is 2.53. The second-order valence-electron chi connectivity index (χ2n) is 4.14. The van der Waals surface area contributed by atoms with Gasteiger partial charge in [-0.15, -0.1) is 0 Å². The molecule has 0 saturated carbocycles. The highest BCUT2D eigenvalue weighted by molar-refractivity contribution is 5.89. The van der Waals surface area contributed by atoms with E-state index in [0.29, 0.717) is 11.6 Å². The molecule has 2 rings (SSSR count). The summed E-state index contributed by atoms with van der Waals surface area (Å²) in [4.78, 5) is 15.4. The second-order valence-corrected chi connectivity index (χ2v) is 4.14. The topological polar surface area (TPSA) is 59.4 Å². The maximum absolute atomic E-state index is 11.1. The summed E-state index contributed by atoms with van der Waals surface area (Å²) >= 11 is 0. The highest BCUT2D eigenvalue weighted by Gasteiger charge is 2.10. The summed E-state index contributed by atoms with van der Waals surface area (Å²) in [6, 6.07) is 10.9. The van der Waals surface area contributed by atoms with Crippen LogP contribution in [0.3, 0.4) is 0 Å². The number of aromatic carboxylic acids is 1. The summed E-state index contributed by atoms with van der Waals surface area (Å²) in [5, 5.41) is 9.09. The molecule has 0 radical (unpaired) electrons. The van der Waals surface area contributed by atoms with Gasteiger partial charge in [0.2, 0.25) is 5.88 Å². The summed E-state index contributed by atoms with van der Waals surface area (Å²) in [6.07, 6.45) is 0.920. The lowest BCUT2D eigenvalue weighted by Gasteiger charge is -2.07. The Bertz CT molecular complexity index is 608. The molecular weight excluding hydrogens is 242 g/mol. The number of benzene rings is 1. The number of aryl methyl sites for hydroxylation is 1. The van der Waals surface area contributed by atoms with Crippen LogP contribution in [-0.4, -0.2) is 23.2 Å². The third kappa shape index (κ3) is 2.91. The van der Waals surface area contributed by atoms with Gasteiger partial charge in [-0.05, 0) is 24.1 Å². The van der Waals surface area contributed by atoms with Gasteiger partial charge in [0.25, 0.3) is 0 Å². The molecule has 0 aliphatic carbocycles. The van der Waals surface area contributed by atoms with Crippen molar-refractivity contribution in [3.8, 4) is 17.1 Å². The second kappa shape index (κ2) is 5.52. The van der Waals surface area contributed by atoms with E-state index >= 15 is 0 Å². The Morgan fingerprint density at radius 1 is 1.32 bits per heavy atom. The van der Waals surface area contributed by atoms with E-state index in [-0.39, 0.29) is 5.56 Å². The fourth-order valence-electron chi connectivity index (χ4n) is 1.83. The normalized spacial score (nSPS) is 10.2. The molecule has 4 nitrogen and oxygen atoms in total. The molecule has 1 N–H and O–H groups in total. The van der Waals surface area contributed by atoms with Gasteiger partial charge >= 0.3 is 5.97 Å². The van der Waals surface area contributed by atoms with E-state index in [1.807, 2.05) is 24.3 Å². The monoisotopic (exact) mass is 257 g/mol. The fourth-order valence-corrected chi connectivity index (χ4v) is 1.83. The summed E-state index contributed by atoms with van der Waals surface area (Å²) < 4.78 is 5.05. The molecule has 0 aliphatic heterocycles. The van der Waals surface area contributed by atoms with E-state index < -0.39 is 5.97 Å². The molecule has 0 spiro atoms. The quantitative estimate of drug-likeness (QED) is 0.914. The number of rotatable bonds is 4. The van der Waals surface area contributed by atoms with Gasteiger partial charge in [0, 0.05) is 11.6 Å². The molecule has 1 aromatic carbocycles. The van der Waals surface area contributed by atoms with Crippen molar-refractivity contribution in [3.05, 3.63) is 47.5 Å². The molecule has 2 aromatic rings. The van der Waals surface area contributed by atoms with E-state index in [4.69, 9.17) is 9.84 Å². The first-order chi connectivity index (χ1) is 9.13. The van der Waals surface area contributed by atoms with Crippen LogP contribution < -0.4 is 4.74 Å². The van der Waals surface area contributed by atoms with Crippen molar-refractivity contribution < 1.29 is 14.6 Å². The summed E-state index contributed by atoms with van der Waals surface area (Å²) in [6.45, 7) is 2.07. The third-order valence-corrected chi connectivity index (χ3v) is 2.89. The van der Waals surface area contributed by atoms with Crippen molar-refractivity contribution in [2.75, 3.05) is 7.11 Å². The number of carboxylic acid groups (broad SMARTS) is 1. The zero-order chi connectivity index (χ0) is 13.8. The molecule has 4 heteroatoms. The smallest absolute Gasteiger partial charge is 0.335 e. The fraction of sp³-hybridized carbons (Fsp3) is 0.200. The predicted molar refractivity (Wildman–Crippen MR) is 72.6 cm³/mol. The highest BCUT2D eigenvalue weighted by atomic mass is 16.5. The number of ether oxygens (including phenoxy) is 1. The lowest BCUT2D eigenvalue weighted by molar-refractivity contribution is 0.0696. The molecule has 0 aliphatic rings. The third-order valence-electron chi connectivity index (χ3n) is 2.89. The maximum Gasteiger partial charge on any atom is 0.335 e. The largest absolute Gasteiger partial charge is 0.481 e. The van der Waals surface area contributed by atoms with Gasteiger partial charge in [-0.2, -0.15) is 0 Å². The zero-order valence-corrected chi connectivity index (χ0v) is 10.9. The number of pyridine rings is 1. The van der Waals surface area contributed by atoms with Crippen LogP contribution in [0, 0.1) is 0 Å². The Morgan fingerprint density at radius 3 is 2.74 bits per heavy atom. The first-order valence-corrected chi connectivity index (χ1v) is 6.02. The van der Waals surface area contributed by atoms with Crippen molar-refractivity contribution >= 4 is 5.97 Å². The zero-order valence-electron chi connectivity index (χ0n) is 10.9. The molecule has 1 heterocycles. The van der Waals surface area contributed by atoms with Crippen LogP contribution in [0.5, 0.6) is 5.88 Å².